The number of rotatable bonds is 2. The van der Waals surface area contributed by atoms with E-state index >= 15 is 0 Å². The Bertz CT molecular complexity index is 863. The number of anilines is 1. The van der Waals surface area contributed by atoms with Gasteiger partial charge in [-0.2, -0.15) is 5.10 Å². The van der Waals surface area contributed by atoms with E-state index in [1.807, 2.05) is 0 Å². The number of hydrogen-bond acceptors (Lipinski definition) is 6. The van der Waals surface area contributed by atoms with Crippen LogP contribution >= 0.6 is 0 Å². The lowest BCUT2D eigenvalue weighted by Gasteiger charge is -1.95. The summed E-state index contributed by atoms with van der Waals surface area (Å²) in [5.74, 6) is 0.641. The number of sulfone groups is 1. The van der Waals surface area contributed by atoms with E-state index in [0.29, 0.717) is 28.4 Å². The quantitative estimate of drug-likeness (QED) is 0.728. The van der Waals surface area contributed by atoms with Crippen molar-refractivity contribution in [2.45, 2.75) is 4.90 Å². The molecule has 19 heavy (non-hydrogen) atoms. The van der Waals surface area contributed by atoms with Crippen molar-refractivity contribution in [3.05, 3.63) is 24.4 Å². The first-order valence-electron chi connectivity index (χ1n) is 5.35. The van der Waals surface area contributed by atoms with Gasteiger partial charge in [0.05, 0.1) is 16.7 Å². The molecule has 0 aliphatic carbocycles. The highest BCUT2D eigenvalue weighted by Gasteiger charge is 2.15. The van der Waals surface area contributed by atoms with Crippen molar-refractivity contribution in [2.75, 3.05) is 12.0 Å². The van der Waals surface area contributed by atoms with Crippen LogP contribution in [0.3, 0.4) is 0 Å². The summed E-state index contributed by atoms with van der Waals surface area (Å²) in [7, 11) is -3.27. The topological polar surface area (TPSA) is 115 Å². The third-order valence-corrected chi connectivity index (χ3v) is 3.80. The number of aromatic nitrogens is 3. The zero-order chi connectivity index (χ0) is 13.6. The van der Waals surface area contributed by atoms with Crippen molar-refractivity contribution in [1.29, 1.82) is 0 Å². The number of H-pyrrole nitrogens is 1. The van der Waals surface area contributed by atoms with Gasteiger partial charge in [0, 0.05) is 6.26 Å². The third-order valence-electron chi connectivity index (χ3n) is 2.69. The molecule has 8 heteroatoms. The van der Waals surface area contributed by atoms with Gasteiger partial charge in [0.15, 0.2) is 15.4 Å². The van der Waals surface area contributed by atoms with Crippen LogP contribution in [0.2, 0.25) is 0 Å². The number of aromatic amines is 1. The van der Waals surface area contributed by atoms with Gasteiger partial charge in [0.1, 0.15) is 11.3 Å². The van der Waals surface area contributed by atoms with Gasteiger partial charge in [0.2, 0.25) is 5.89 Å². The average molecular weight is 278 g/mol. The van der Waals surface area contributed by atoms with Crippen LogP contribution in [0.15, 0.2) is 33.7 Å². The Hall–Kier alpha value is -2.35. The second-order valence-electron chi connectivity index (χ2n) is 4.12. The SMILES string of the molecule is CS(=O)(=O)c1ccc2oc(-c3cn[nH]c3N)nc2c1. The Kier molecular flexibility index (Phi) is 2.36. The molecule has 0 saturated heterocycles. The van der Waals surface area contributed by atoms with E-state index in [9.17, 15) is 8.42 Å². The van der Waals surface area contributed by atoms with Crippen molar-refractivity contribution in [3.63, 3.8) is 0 Å². The minimum Gasteiger partial charge on any atom is -0.436 e. The first kappa shape index (κ1) is 11.7. The summed E-state index contributed by atoms with van der Waals surface area (Å²) in [5.41, 5.74) is 7.16. The normalized spacial score (nSPS) is 12.1. The van der Waals surface area contributed by atoms with E-state index in [1.54, 1.807) is 6.07 Å². The van der Waals surface area contributed by atoms with E-state index in [1.165, 1.54) is 18.3 Å². The smallest absolute Gasteiger partial charge is 0.232 e. The summed E-state index contributed by atoms with van der Waals surface area (Å²) in [5, 5.41) is 6.36. The third kappa shape index (κ3) is 1.95. The van der Waals surface area contributed by atoms with Crippen LogP contribution in [0.4, 0.5) is 5.82 Å². The van der Waals surface area contributed by atoms with Crippen LogP contribution in [-0.4, -0.2) is 29.9 Å². The van der Waals surface area contributed by atoms with Gasteiger partial charge < -0.3 is 10.2 Å². The number of hydrogen-bond donors (Lipinski definition) is 2. The lowest BCUT2D eigenvalue weighted by molar-refractivity contribution is 0.602. The van der Waals surface area contributed by atoms with Gasteiger partial charge >= 0.3 is 0 Å². The Morgan fingerprint density at radius 2 is 2.16 bits per heavy atom. The summed E-state index contributed by atoms with van der Waals surface area (Å²) < 4.78 is 28.5. The van der Waals surface area contributed by atoms with E-state index in [4.69, 9.17) is 10.2 Å². The van der Waals surface area contributed by atoms with Crippen molar-refractivity contribution in [1.82, 2.24) is 15.2 Å². The van der Waals surface area contributed by atoms with Crippen molar-refractivity contribution >= 4 is 26.8 Å². The van der Waals surface area contributed by atoms with E-state index in [-0.39, 0.29) is 4.90 Å². The Labute approximate surface area is 108 Å². The Morgan fingerprint density at radius 1 is 1.37 bits per heavy atom. The fourth-order valence-electron chi connectivity index (χ4n) is 1.72. The van der Waals surface area contributed by atoms with Crippen molar-refractivity contribution in [3.8, 4) is 11.5 Å². The molecule has 0 aliphatic rings. The predicted octanol–water partition coefficient (Wildman–Crippen LogP) is 1.20. The first-order valence-corrected chi connectivity index (χ1v) is 7.24. The second-order valence-corrected chi connectivity index (χ2v) is 6.13. The molecule has 0 fully saturated rings. The number of nitrogens with zero attached hydrogens (tertiary/aromatic N) is 2. The van der Waals surface area contributed by atoms with Crippen LogP contribution in [0.25, 0.3) is 22.6 Å². The molecule has 3 N–H and O–H groups in total. The maximum absolute atomic E-state index is 11.5. The van der Waals surface area contributed by atoms with Gasteiger partial charge in [-0.3, -0.25) is 5.10 Å². The van der Waals surface area contributed by atoms with Gasteiger partial charge in [-0.25, -0.2) is 13.4 Å². The van der Waals surface area contributed by atoms with Gasteiger partial charge in [-0.05, 0) is 18.2 Å². The standard InChI is InChI=1S/C11H10N4O3S/c1-19(16,17)6-2-3-9-8(4-6)14-11(18-9)7-5-13-15-10(7)12/h2-5H,1H3,(H3,12,13,15). The molecule has 3 rings (SSSR count). The molecule has 0 bridgehead atoms. The van der Waals surface area contributed by atoms with E-state index in [2.05, 4.69) is 15.2 Å². The molecule has 2 heterocycles. The molecule has 0 amide bonds. The monoisotopic (exact) mass is 278 g/mol. The van der Waals surface area contributed by atoms with Crippen molar-refractivity contribution in [2.24, 2.45) is 0 Å². The van der Waals surface area contributed by atoms with E-state index in [0.717, 1.165) is 6.26 Å². The molecule has 0 aliphatic heterocycles. The number of nitrogens with two attached hydrogens (primary N) is 1. The Balaban J connectivity index is 2.19. The highest BCUT2D eigenvalue weighted by molar-refractivity contribution is 7.90. The molecule has 0 radical (unpaired) electrons. The van der Waals surface area contributed by atoms with Gasteiger partial charge in [-0.1, -0.05) is 0 Å². The summed E-state index contributed by atoms with van der Waals surface area (Å²) >= 11 is 0. The Morgan fingerprint density at radius 3 is 2.79 bits per heavy atom. The molecule has 0 saturated carbocycles. The summed E-state index contributed by atoms with van der Waals surface area (Å²) in [4.78, 5) is 4.41. The molecule has 0 spiro atoms. The number of nitrogens with one attached hydrogen (secondary N) is 1. The summed E-state index contributed by atoms with van der Waals surface area (Å²) in [6.07, 6.45) is 2.64. The number of oxazole rings is 1. The first-order chi connectivity index (χ1) is 8.95. The van der Waals surface area contributed by atoms with Crippen LogP contribution in [0, 0.1) is 0 Å². The lowest BCUT2D eigenvalue weighted by atomic mass is 10.3. The maximum Gasteiger partial charge on any atom is 0.232 e. The molecule has 98 valence electrons. The summed E-state index contributed by atoms with van der Waals surface area (Å²) in [6.45, 7) is 0. The minimum atomic E-state index is -3.27. The number of nitrogen functional groups attached to an aromatic ring is 1. The molecule has 2 aromatic heterocycles. The molecular weight excluding hydrogens is 268 g/mol. The zero-order valence-electron chi connectivity index (χ0n) is 9.91. The van der Waals surface area contributed by atoms with Crippen molar-refractivity contribution < 1.29 is 12.8 Å². The maximum atomic E-state index is 11.5. The molecule has 7 nitrogen and oxygen atoms in total. The highest BCUT2D eigenvalue weighted by atomic mass is 32.2. The lowest BCUT2D eigenvalue weighted by Crippen LogP contribution is -1.96. The van der Waals surface area contributed by atoms with Crippen LogP contribution in [0.1, 0.15) is 0 Å². The second kappa shape index (κ2) is 3.82. The number of fused-ring (bicyclic) bond motifs is 1. The fraction of sp³-hybridized carbons (Fsp3) is 0.0909. The zero-order valence-corrected chi connectivity index (χ0v) is 10.7. The van der Waals surface area contributed by atoms with E-state index < -0.39 is 9.84 Å². The molecule has 0 atom stereocenters. The van der Waals surface area contributed by atoms with Crippen LogP contribution in [-0.2, 0) is 9.84 Å². The number of benzene rings is 1. The molecular formula is C11H10N4O3S. The van der Waals surface area contributed by atoms with Gasteiger partial charge in [-0.15, -0.1) is 0 Å². The largest absolute Gasteiger partial charge is 0.436 e. The molecule has 1 aromatic carbocycles. The van der Waals surface area contributed by atoms with Crippen LogP contribution in [0.5, 0.6) is 0 Å². The average Bonchev–Trinajstić information content (AvgIpc) is 2.91. The molecule has 0 unspecified atom stereocenters. The fourth-order valence-corrected chi connectivity index (χ4v) is 2.36. The van der Waals surface area contributed by atoms with Crippen LogP contribution < -0.4 is 5.73 Å². The van der Waals surface area contributed by atoms with Gasteiger partial charge in [0.25, 0.3) is 0 Å². The minimum absolute atomic E-state index is 0.194. The highest BCUT2D eigenvalue weighted by Crippen LogP contribution is 2.28. The predicted molar refractivity (Wildman–Crippen MR) is 69.1 cm³/mol. The summed E-state index contributed by atoms with van der Waals surface area (Å²) in [6, 6.07) is 4.51. The molecule has 3 aromatic rings.